The van der Waals surface area contributed by atoms with Crippen molar-refractivity contribution in [1.82, 2.24) is 30.6 Å². The Bertz CT molecular complexity index is 979. The molecule has 4 aromatic rings. The van der Waals surface area contributed by atoms with Crippen molar-refractivity contribution in [3.8, 4) is 11.4 Å². The molecule has 0 aliphatic carbocycles. The second-order valence-electron chi connectivity index (χ2n) is 5.09. The molecule has 0 bridgehead atoms. The van der Waals surface area contributed by atoms with Crippen molar-refractivity contribution in [2.45, 2.75) is 6.42 Å². The van der Waals surface area contributed by atoms with Crippen molar-refractivity contribution < 1.29 is 4.39 Å². The minimum absolute atomic E-state index is 0.116. The lowest BCUT2D eigenvalue weighted by Gasteiger charge is -2.01. The van der Waals surface area contributed by atoms with E-state index in [9.17, 15) is 4.39 Å². The van der Waals surface area contributed by atoms with E-state index >= 15 is 0 Å². The Labute approximate surface area is 134 Å². The van der Waals surface area contributed by atoms with Gasteiger partial charge in [-0.3, -0.25) is 4.98 Å². The summed E-state index contributed by atoms with van der Waals surface area (Å²) in [4.78, 5) is 7.67. The summed E-state index contributed by atoms with van der Waals surface area (Å²) in [6.07, 6.45) is 2.29. The predicted molar refractivity (Wildman–Crippen MR) is 83.5 cm³/mol. The monoisotopic (exact) mass is 328 g/mol. The molecule has 0 aliphatic heterocycles. The number of halogens is 2. The number of nitrogens with zero attached hydrogens (tertiary/aromatic N) is 4. The van der Waals surface area contributed by atoms with Crippen LogP contribution in [0.4, 0.5) is 4.39 Å². The quantitative estimate of drug-likeness (QED) is 0.605. The predicted octanol–water partition coefficient (Wildman–Crippen LogP) is 3.13. The summed E-state index contributed by atoms with van der Waals surface area (Å²) in [5.74, 6) is 0.143. The summed E-state index contributed by atoms with van der Waals surface area (Å²) >= 11 is 5.83. The molecule has 23 heavy (non-hydrogen) atoms. The standard InChI is InChI=1S/C15H10ClFN6/c16-11-6-8(1-2-12(11)17)5-9-7-13-14(19-9)10(3-4-18-13)15-20-22-23-21-15/h1-4,6-7,19H,5H2,(H,20,21,22,23). The first-order valence-electron chi connectivity index (χ1n) is 6.85. The minimum atomic E-state index is -0.422. The van der Waals surface area contributed by atoms with E-state index in [0.717, 1.165) is 27.9 Å². The number of tetrazole rings is 1. The maximum atomic E-state index is 13.2. The number of hydrogen-bond donors (Lipinski definition) is 2. The first-order chi connectivity index (χ1) is 11.2. The number of aromatic nitrogens is 6. The van der Waals surface area contributed by atoms with E-state index in [2.05, 4.69) is 30.6 Å². The van der Waals surface area contributed by atoms with Crippen LogP contribution in [-0.2, 0) is 6.42 Å². The minimum Gasteiger partial charge on any atom is -0.356 e. The third-order valence-electron chi connectivity index (χ3n) is 3.56. The van der Waals surface area contributed by atoms with Gasteiger partial charge in [-0.2, -0.15) is 0 Å². The van der Waals surface area contributed by atoms with Crippen LogP contribution in [0.25, 0.3) is 22.4 Å². The zero-order valence-corrected chi connectivity index (χ0v) is 12.5. The van der Waals surface area contributed by atoms with E-state index in [1.807, 2.05) is 12.1 Å². The fourth-order valence-corrected chi connectivity index (χ4v) is 2.72. The Kier molecular flexibility index (Phi) is 3.27. The molecular formula is C15H10ClFN6. The SMILES string of the molecule is Fc1ccc(Cc2cc3nccc(-c4nnn[nH]4)c3[nH]2)cc1Cl. The highest BCUT2D eigenvalue weighted by atomic mass is 35.5. The average Bonchev–Trinajstić information content (AvgIpc) is 3.19. The average molecular weight is 329 g/mol. The lowest BCUT2D eigenvalue weighted by atomic mass is 10.1. The van der Waals surface area contributed by atoms with Gasteiger partial charge in [-0.25, -0.2) is 9.49 Å². The van der Waals surface area contributed by atoms with Gasteiger partial charge < -0.3 is 4.98 Å². The number of benzene rings is 1. The number of H-pyrrole nitrogens is 2. The highest BCUT2D eigenvalue weighted by molar-refractivity contribution is 6.30. The smallest absolute Gasteiger partial charge is 0.181 e. The molecule has 0 atom stereocenters. The second-order valence-corrected chi connectivity index (χ2v) is 5.50. The van der Waals surface area contributed by atoms with Gasteiger partial charge in [0, 0.05) is 23.9 Å². The van der Waals surface area contributed by atoms with Crippen LogP contribution in [0.15, 0.2) is 36.5 Å². The first kappa shape index (κ1) is 13.8. The summed E-state index contributed by atoms with van der Waals surface area (Å²) in [6, 6.07) is 8.47. The van der Waals surface area contributed by atoms with Gasteiger partial charge >= 0.3 is 0 Å². The molecule has 0 saturated carbocycles. The van der Waals surface area contributed by atoms with Crippen molar-refractivity contribution in [3.05, 3.63) is 58.6 Å². The number of aromatic amines is 2. The van der Waals surface area contributed by atoms with Gasteiger partial charge in [0.1, 0.15) is 5.82 Å². The molecule has 3 aromatic heterocycles. The highest BCUT2D eigenvalue weighted by Gasteiger charge is 2.11. The number of hydrogen-bond acceptors (Lipinski definition) is 4. The zero-order valence-electron chi connectivity index (χ0n) is 11.7. The van der Waals surface area contributed by atoms with Gasteiger partial charge in [0.25, 0.3) is 0 Å². The molecule has 0 spiro atoms. The third kappa shape index (κ3) is 2.55. The van der Waals surface area contributed by atoms with E-state index in [-0.39, 0.29) is 5.02 Å². The first-order valence-corrected chi connectivity index (χ1v) is 7.23. The van der Waals surface area contributed by atoms with Crippen molar-refractivity contribution in [2.24, 2.45) is 0 Å². The largest absolute Gasteiger partial charge is 0.356 e. The van der Waals surface area contributed by atoms with E-state index in [0.29, 0.717) is 12.2 Å². The fourth-order valence-electron chi connectivity index (χ4n) is 2.52. The van der Waals surface area contributed by atoms with Crippen LogP contribution < -0.4 is 0 Å². The number of pyridine rings is 1. The van der Waals surface area contributed by atoms with Gasteiger partial charge in [-0.05, 0) is 40.3 Å². The van der Waals surface area contributed by atoms with Crippen molar-refractivity contribution in [1.29, 1.82) is 0 Å². The third-order valence-corrected chi connectivity index (χ3v) is 3.85. The lowest BCUT2D eigenvalue weighted by Crippen LogP contribution is -1.90. The lowest BCUT2D eigenvalue weighted by molar-refractivity contribution is 0.627. The normalized spacial score (nSPS) is 11.2. The molecule has 0 unspecified atom stereocenters. The Morgan fingerprint density at radius 1 is 1.17 bits per heavy atom. The van der Waals surface area contributed by atoms with Crippen LogP contribution in [-0.4, -0.2) is 30.6 Å². The van der Waals surface area contributed by atoms with Crippen LogP contribution in [0, 0.1) is 5.82 Å². The van der Waals surface area contributed by atoms with Crippen molar-refractivity contribution in [2.75, 3.05) is 0 Å². The van der Waals surface area contributed by atoms with Crippen LogP contribution in [0.2, 0.25) is 5.02 Å². The summed E-state index contributed by atoms with van der Waals surface area (Å²) < 4.78 is 13.2. The molecule has 1 aromatic carbocycles. The van der Waals surface area contributed by atoms with Crippen LogP contribution >= 0.6 is 11.6 Å². The fraction of sp³-hybridized carbons (Fsp3) is 0.0667. The Hall–Kier alpha value is -2.80. The van der Waals surface area contributed by atoms with Gasteiger partial charge in [-0.15, -0.1) is 5.10 Å². The summed E-state index contributed by atoms with van der Waals surface area (Å²) in [5, 5.41) is 14.0. The van der Waals surface area contributed by atoms with Gasteiger partial charge in [0.2, 0.25) is 0 Å². The summed E-state index contributed by atoms with van der Waals surface area (Å²) in [5.41, 5.74) is 4.33. The zero-order chi connectivity index (χ0) is 15.8. The maximum absolute atomic E-state index is 13.2. The highest BCUT2D eigenvalue weighted by Crippen LogP contribution is 2.25. The molecule has 8 heteroatoms. The summed E-state index contributed by atoms with van der Waals surface area (Å²) in [6.45, 7) is 0. The topological polar surface area (TPSA) is 83.1 Å². The van der Waals surface area contributed by atoms with Crippen LogP contribution in [0.5, 0.6) is 0 Å². The molecule has 0 aliphatic rings. The summed E-state index contributed by atoms with van der Waals surface area (Å²) in [7, 11) is 0. The molecule has 0 saturated heterocycles. The molecule has 4 rings (SSSR count). The van der Waals surface area contributed by atoms with E-state index in [1.54, 1.807) is 18.3 Å². The van der Waals surface area contributed by atoms with Crippen molar-refractivity contribution in [3.63, 3.8) is 0 Å². The van der Waals surface area contributed by atoms with Crippen LogP contribution in [0.3, 0.4) is 0 Å². The second kappa shape index (κ2) is 5.44. The van der Waals surface area contributed by atoms with E-state index < -0.39 is 5.82 Å². The van der Waals surface area contributed by atoms with Gasteiger partial charge in [0.05, 0.1) is 16.1 Å². The Balaban J connectivity index is 1.74. The number of nitrogens with one attached hydrogen (secondary N) is 2. The molecular weight excluding hydrogens is 319 g/mol. The molecule has 6 nitrogen and oxygen atoms in total. The molecule has 0 fully saturated rings. The molecule has 2 N–H and O–H groups in total. The Morgan fingerprint density at radius 2 is 2.09 bits per heavy atom. The van der Waals surface area contributed by atoms with E-state index in [1.165, 1.54) is 6.07 Å². The van der Waals surface area contributed by atoms with E-state index in [4.69, 9.17) is 11.6 Å². The molecule has 114 valence electrons. The van der Waals surface area contributed by atoms with Gasteiger partial charge in [-0.1, -0.05) is 17.7 Å². The number of fused-ring (bicyclic) bond motifs is 1. The molecule has 0 amide bonds. The van der Waals surface area contributed by atoms with Crippen molar-refractivity contribution >= 4 is 22.6 Å². The number of rotatable bonds is 3. The Morgan fingerprint density at radius 3 is 2.87 bits per heavy atom. The molecule has 3 heterocycles. The van der Waals surface area contributed by atoms with Crippen LogP contribution in [0.1, 0.15) is 11.3 Å². The van der Waals surface area contributed by atoms with Gasteiger partial charge in [0.15, 0.2) is 5.82 Å². The maximum Gasteiger partial charge on any atom is 0.181 e. The molecule has 0 radical (unpaired) electrons.